The number of hydrogen-bond acceptors (Lipinski definition) is 7. The van der Waals surface area contributed by atoms with Gasteiger partial charge in [-0.1, -0.05) is 11.8 Å². The number of carbonyl (C=O) groups is 1. The summed E-state index contributed by atoms with van der Waals surface area (Å²) in [6.07, 6.45) is 0.200. The van der Waals surface area contributed by atoms with Gasteiger partial charge in [0.15, 0.2) is 10.9 Å². The molecule has 0 bridgehead atoms. The summed E-state index contributed by atoms with van der Waals surface area (Å²) in [4.78, 5) is 29.0. The van der Waals surface area contributed by atoms with Crippen LogP contribution in [0.15, 0.2) is 34.3 Å². The Morgan fingerprint density at radius 1 is 1.57 bits per heavy atom. The number of amidine groups is 1. The van der Waals surface area contributed by atoms with Crippen molar-refractivity contribution in [3.63, 3.8) is 0 Å². The number of benzene rings is 1. The van der Waals surface area contributed by atoms with Crippen LogP contribution < -0.4 is 10.1 Å². The minimum Gasteiger partial charge on any atom is -0.490 e. The number of nitrogens with zero attached hydrogens (tertiary/aromatic N) is 3. The van der Waals surface area contributed by atoms with E-state index in [9.17, 15) is 14.9 Å². The molecule has 3 rings (SSSR count). The van der Waals surface area contributed by atoms with E-state index in [0.717, 1.165) is 24.0 Å². The molecule has 0 spiro atoms. The maximum atomic E-state index is 12.2. The fourth-order valence-electron chi connectivity index (χ4n) is 2.40. The molecule has 0 fully saturated rings. The summed E-state index contributed by atoms with van der Waals surface area (Å²) in [7, 11) is 1.36. The van der Waals surface area contributed by atoms with Gasteiger partial charge < -0.3 is 15.0 Å². The minimum atomic E-state index is -0.544. The topological polar surface area (TPSA) is 97.1 Å². The van der Waals surface area contributed by atoms with E-state index < -0.39 is 4.92 Å². The predicted octanol–water partition coefficient (Wildman–Crippen LogP) is 2.19. The molecule has 23 heavy (non-hydrogen) atoms. The first kappa shape index (κ1) is 15.3. The van der Waals surface area contributed by atoms with Crippen LogP contribution in [0.3, 0.4) is 0 Å². The molecule has 1 amide bonds. The molecule has 9 heteroatoms. The zero-order valence-electron chi connectivity index (χ0n) is 12.3. The number of rotatable bonds is 5. The van der Waals surface area contributed by atoms with E-state index in [2.05, 4.69) is 10.3 Å². The number of amides is 1. The van der Waals surface area contributed by atoms with Gasteiger partial charge in [0.1, 0.15) is 0 Å². The van der Waals surface area contributed by atoms with Gasteiger partial charge in [-0.05, 0) is 17.5 Å². The number of nitro groups is 1. The maximum absolute atomic E-state index is 12.2. The molecule has 8 nitrogen and oxygen atoms in total. The molecule has 0 aliphatic carbocycles. The molecule has 0 atom stereocenters. The lowest BCUT2D eigenvalue weighted by molar-refractivity contribution is -0.385. The first-order chi connectivity index (χ1) is 11.1. The van der Waals surface area contributed by atoms with Crippen molar-refractivity contribution >= 4 is 34.2 Å². The standard InChI is InChI=1S/C14H14N4O4S/c1-22-12-3-2-9(6-11(12)18(20)21)16-13(19)7-10-8-23-14-15-4-5-17(10)14/h2-3,6,8H,4-5,7H2,1H3,(H,16,19). The van der Waals surface area contributed by atoms with Crippen molar-refractivity contribution in [1.29, 1.82) is 0 Å². The van der Waals surface area contributed by atoms with Crippen molar-refractivity contribution < 1.29 is 14.5 Å². The van der Waals surface area contributed by atoms with E-state index in [1.807, 2.05) is 10.3 Å². The van der Waals surface area contributed by atoms with E-state index in [1.54, 1.807) is 6.07 Å². The smallest absolute Gasteiger partial charge is 0.312 e. The largest absolute Gasteiger partial charge is 0.490 e. The third kappa shape index (κ3) is 3.14. The summed E-state index contributed by atoms with van der Waals surface area (Å²) >= 11 is 1.51. The Bertz CT molecular complexity index is 731. The van der Waals surface area contributed by atoms with Crippen LogP contribution in [-0.4, -0.2) is 41.1 Å². The molecule has 2 aliphatic heterocycles. The van der Waals surface area contributed by atoms with E-state index in [1.165, 1.54) is 31.0 Å². The Hall–Kier alpha value is -2.55. The molecule has 2 heterocycles. The van der Waals surface area contributed by atoms with Gasteiger partial charge in [0.05, 0.1) is 25.0 Å². The second-order valence-corrected chi connectivity index (χ2v) is 5.75. The lowest BCUT2D eigenvalue weighted by atomic mass is 10.2. The number of thioether (sulfide) groups is 1. The van der Waals surface area contributed by atoms with Gasteiger partial charge in [-0.15, -0.1) is 0 Å². The van der Waals surface area contributed by atoms with Gasteiger partial charge >= 0.3 is 5.69 Å². The summed E-state index contributed by atoms with van der Waals surface area (Å²) in [5, 5.41) is 16.5. The van der Waals surface area contributed by atoms with Gasteiger partial charge in [-0.25, -0.2) is 0 Å². The Balaban J connectivity index is 1.67. The number of fused-ring (bicyclic) bond motifs is 1. The van der Waals surface area contributed by atoms with Crippen molar-refractivity contribution in [3.8, 4) is 5.75 Å². The number of carbonyl (C=O) groups excluding carboxylic acids is 1. The van der Waals surface area contributed by atoms with Gasteiger partial charge in [0, 0.05) is 24.0 Å². The zero-order valence-corrected chi connectivity index (χ0v) is 13.1. The molecule has 2 aliphatic rings. The van der Waals surface area contributed by atoms with E-state index >= 15 is 0 Å². The normalized spacial score (nSPS) is 15.8. The zero-order chi connectivity index (χ0) is 16.4. The van der Waals surface area contributed by atoms with Crippen LogP contribution in [0.25, 0.3) is 0 Å². The molecule has 0 radical (unpaired) electrons. The number of anilines is 1. The van der Waals surface area contributed by atoms with E-state index in [-0.39, 0.29) is 23.8 Å². The minimum absolute atomic E-state index is 0.154. The molecule has 0 saturated carbocycles. The van der Waals surface area contributed by atoms with Crippen LogP contribution in [0.4, 0.5) is 11.4 Å². The molecule has 0 unspecified atom stereocenters. The fraction of sp³-hybridized carbons (Fsp3) is 0.286. The van der Waals surface area contributed by atoms with Crippen molar-refractivity contribution in [2.24, 2.45) is 4.99 Å². The number of aliphatic imine (C=N–C) groups is 1. The average Bonchev–Trinajstić information content (AvgIpc) is 3.12. The molecule has 0 saturated heterocycles. The van der Waals surface area contributed by atoms with Gasteiger partial charge in [-0.2, -0.15) is 0 Å². The molecule has 1 aromatic rings. The van der Waals surface area contributed by atoms with Crippen LogP contribution in [0.2, 0.25) is 0 Å². The fourth-order valence-corrected chi connectivity index (χ4v) is 3.35. The van der Waals surface area contributed by atoms with Crippen LogP contribution in [-0.2, 0) is 4.79 Å². The molecule has 1 aromatic carbocycles. The van der Waals surface area contributed by atoms with Crippen LogP contribution in [0.1, 0.15) is 6.42 Å². The Kier molecular flexibility index (Phi) is 4.20. The Morgan fingerprint density at radius 2 is 2.39 bits per heavy atom. The quantitative estimate of drug-likeness (QED) is 0.655. The van der Waals surface area contributed by atoms with Gasteiger partial charge in [0.2, 0.25) is 5.91 Å². The molecule has 1 N–H and O–H groups in total. The third-order valence-electron chi connectivity index (χ3n) is 3.45. The lowest BCUT2D eigenvalue weighted by Gasteiger charge is -2.16. The third-order valence-corrected chi connectivity index (χ3v) is 4.40. The van der Waals surface area contributed by atoms with E-state index in [0.29, 0.717) is 5.69 Å². The van der Waals surface area contributed by atoms with Crippen molar-refractivity contribution in [2.45, 2.75) is 6.42 Å². The first-order valence-corrected chi connectivity index (χ1v) is 7.76. The van der Waals surface area contributed by atoms with Gasteiger partial charge in [-0.3, -0.25) is 19.9 Å². The number of nitrogens with one attached hydrogen (secondary N) is 1. The summed E-state index contributed by atoms with van der Waals surface area (Å²) in [6, 6.07) is 4.32. The molecular weight excluding hydrogens is 320 g/mol. The molecule has 0 aromatic heterocycles. The monoisotopic (exact) mass is 334 g/mol. The number of hydrogen-bond donors (Lipinski definition) is 1. The second-order valence-electron chi connectivity index (χ2n) is 4.91. The van der Waals surface area contributed by atoms with Crippen molar-refractivity contribution in [3.05, 3.63) is 39.4 Å². The van der Waals surface area contributed by atoms with Crippen molar-refractivity contribution in [1.82, 2.24) is 4.90 Å². The second kappa shape index (κ2) is 6.29. The highest BCUT2D eigenvalue weighted by Gasteiger charge is 2.27. The summed E-state index contributed by atoms with van der Waals surface area (Å²) in [6.45, 7) is 1.53. The molecule has 120 valence electrons. The summed E-state index contributed by atoms with van der Waals surface area (Å²) in [5.41, 5.74) is 1.07. The Morgan fingerprint density at radius 3 is 3.13 bits per heavy atom. The lowest BCUT2D eigenvalue weighted by Crippen LogP contribution is -2.24. The SMILES string of the molecule is COc1ccc(NC(=O)CC2=CSC3=NCCN23)cc1[N+](=O)[O-]. The van der Waals surface area contributed by atoms with Crippen molar-refractivity contribution in [2.75, 3.05) is 25.5 Å². The number of methoxy groups -OCH3 is 1. The highest BCUT2D eigenvalue weighted by molar-refractivity contribution is 8.16. The average molecular weight is 334 g/mol. The van der Waals surface area contributed by atoms with Crippen LogP contribution in [0.5, 0.6) is 5.75 Å². The van der Waals surface area contributed by atoms with E-state index in [4.69, 9.17) is 4.74 Å². The predicted molar refractivity (Wildman–Crippen MR) is 87.6 cm³/mol. The van der Waals surface area contributed by atoms with Gasteiger partial charge in [0.25, 0.3) is 0 Å². The number of nitro benzene ring substituents is 1. The Labute approximate surface area is 136 Å². The summed E-state index contributed by atoms with van der Waals surface area (Å²) in [5.74, 6) is -0.0784. The first-order valence-electron chi connectivity index (χ1n) is 6.88. The highest BCUT2D eigenvalue weighted by Crippen LogP contribution is 2.32. The number of ether oxygens (including phenoxy) is 1. The maximum Gasteiger partial charge on any atom is 0.312 e. The highest BCUT2D eigenvalue weighted by atomic mass is 32.2. The molecular formula is C14H14N4O4S. The van der Waals surface area contributed by atoms with Crippen LogP contribution >= 0.6 is 11.8 Å². The summed E-state index contributed by atoms with van der Waals surface area (Å²) < 4.78 is 4.94. The van der Waals surface area contributed by atoms with Crippen LogP contribution in [0, 0.1) is 10.1 Å².